The molecule has 0 spiro atoms. The molecule has 8 rings (SSSR count). The third-order valence-electron chi connectivity index (χ3n) is 11.0. The Balaban J connectivity index is 1.01. The highest BCUT2D eigenvalue weighted by Gasteiger charge is 2.25. The van der Waals surface area contributed by atoms with Gasteiger partial charge in [0.25, 0.3) is 11.1 Å². The largest absolute Gasteiger partial charge is 0.465 e. The fourth-order valence-electron chi connectivity index (χ4n) is 8.12. The van der Waals surface area contributed by atoms with E-state index in [9.17, 15) is 19.2 Å². The highest BCUT2D eigenvalue weighted by atomic mass is 32.1. The van der Waals surface area contributed by atoms with E-state index < -0.39 is 0 Å². The van der Waals surface area contributed by atoms with Gasteiger partial charge in [-0.3, -0.25) is 28.0 Å². The van der Waals surface area contributed by atoms with Crippen LogP contribution < -0.4 is 11.1 Å². The molecular formula is C44H48N2O6S3. The lowest BCUT2D eigenvalue weighted by Crippen LogP contribution is -2.14. The van der Waals surface area contributed by atoms with Crippen molar-refractivity contribution in [3.05, 3.63) is 66.9 Å². The van der Waals surface area contributed by atoms with Crippen molar-refractivity contribution in [2.45, 2.75) is 117 Å². The number of unbranched alkanes of at least 4 members (excludes halogenated alkanes) is 10. The van der Waals surface area contributed by atoms with Crippen LogP contribution in [0.1, 0.15) is 113 Å². The van der Waals surface area contributed by atoms with Crippen LogP contribution in [-0.4, -0.2) is 34.0 Å². The summed E-state index contributed by atoms with van der Waals surface area (Å²) >= 11 is 4.91. The molecule has 0 N–H and O–H groups in total. The summed E-state index contributed by atoms with van der Waals surface area (Å²) in [5.41, 5.74) is 3.27. The number of thiophene rings is 3. The molecule has 0 fully saturated rings. The first-order valence-electron chi connectivity index (χ1n) is 20.2. The molecule has 55 heavy (non-hydrogen) atoms. The molecule has 7 heterocycles. The minimum Gasteiger partial charge on any atom is -0.465 e. The molecule has 0 atom stereocenters. The van der Waals surface area contributed by atoms with Crippen molar-refractivity contribution in [2.75, 3.05) is 13.2 Å². The molecule has 0 saturated heterocycles. The number of fused-ring (bicyclic) bond motifs is 8. The smallest absolute Gasteiger partial charge is 0.305 e. The second-order valence-electron chi connectivity index (χ2n) is 14.9. The Labute approximate surface area is 331 Å². The van der Waals surface area contributed by atoms with Crippen molar-refractivity contribution in [1.82, 2.24) is 8.80 Å². The zero-order valence-corrected chi connectivity index (χ0v) is 34.2. The zero-order chi connectivity index (χ0) is 38.1. The summed E-state index contributed by atoms with van der Waals surface area (Å²) in [5, 5.41) is 2.96. The average molecular weight is 797 g/mol. The van der Waals surface area contributed by atoms with Crippen LogP contribution in [0.25, 0.3) is 62.4 Å². The summed E-state index contributed by atoms with van der Waals surface area (Å²) in [4.78, 5) is 55.1. The van der Waals surface area contributed by atoms with Gasteiger partial charge in [-0.15, -0.1) is 34.0 Å². The molecule has 0 aliphatic heterocycles. The van der Waals surface area contributed by atoms with Crippen LogP contribution in [0.3, 0.4) is 0 Å². The van der Waals surface area contributed by atoms with Crippen molar-refractivity contribution in [1.29, 1.82) is 0 Å². The van der Waals surface area contributed by atoms with Gasteiger partial charge in [0.2, 0.25) is 0 Å². The molecule has 0 aliphatic carbocycles. The quantitative estimate of drug-likeness (QED) is 0.0433. The summed E-state index contributed by atoms with van der Waals surface area (Å²) in [6.45, 7) is 5.06. The number of rotatable bonds is 20. The van der Waals surface area contributed by atoms with E-state index in [0.717, 1.165) is 87.1 Å². The van der Waals surface area contributed by atoms with Crippen LogP contribution in [-0.2, 0) is 31.9 Å². The number of esters is 2. The first-order valence-corrected chi connectivity index (χ1v) is 22.6. The van der Waals surface area contributed by atoms with Crippen LogP contribution in [0.15, 0.2) is 46.0 Å². The Morgan fingerprint density at radius 3 is 1.40 bits per heavy atom. The fraction of sp³-hybridized carbons (Fsp3) is 0.455. The molecule has 0 aliphatic rings. The lowest BCUT2D eigenvalue weighted by molar-refractivity contribution is -0.144. The van der Waals surface area contributed by atoms with Crippen molar-refractivity contribution >= 4 is 108 Å². The molecule has 11 heteroatoms. The van der Waals surface area contributed by atoms with Crippen molar-refractivity contribution in [2.24, 2.45) is 0 Å². The number of hydrogen-bond donors (Lipinski definition) is 0. The highest BCUT2D eigenvalue weighted by Crippen LogP contribution is 2.45. The normalized spacial score (nSPS) is 12.3. The fourth-order valence-corrected chi connectivity index (χ4v) is 11.6. The van der Waals surface area contributed by atoms with Crippen molar-refractivity contribution in [3.63, 3.8) is 0 Å². The highest BCUT2D eigenvalue weighted by molar-refractivity contribution is 7.28. The number of nitrogens with zero attached hydrogens (tertiary/aromatic N) is 2. The van der Waals surface area contributed by atoms with E-state index in [4.69, 9.17) is 9.47 Å². The summed E-state index contributed by atoms with van der Waals surface area (Å²) in [6.07, 6.45) is 15.8. The van der Waals surface area contributed by atoms with Crippen LogP contribution >= 0.6 is 34.0 Å². The first-order chi connectivity index (χ1) is 26.9. The van der Waals surface area contributed by atoms with E-state index in [1.54, 1.807) is 34.0 Å². The minimum absolute atomic E-state index is 0.0881. The Morgan fingerprint density at radius 2 is 0.964 bits per heavy atom. The van der Waals surface area contributed by atoms with E-state index in [1.807, 2.05) is 20.9 Å². The number of benzene rings is 1. The molecule has 8 aromatic rings. The van der Waals surface area contributed by atoms with E-state index in [0.29, 0.717) is 49.7 Å². The van der Waals surface area contributed by atoms with Crippen LogP contribution in [0, 0.1) is 0 Å². The van der Waals surface area contributed by atoms with Gasteiger partial charge in [0.05, 0.1) is 54.1 Å². The van der Waals surface area contributed by atoms with Gasteiger partial charge < -0.3 is 9.47 Å². The van der Waals surface area contributed by atoms with Gasteiger partial charge in [0.15, 0.2) is 0 Å². The Hall–Kier alpha value is -4.06. The number of carbonyl (C=O) groups excluding carboxylic acids is 2. The van der Waals surface area contributed by atoms with E-state index in [2.05, 4.69) is 38.1 Å². The molecule has 0 unspecified atom stereocenters. The second kappa shape index (κ2) is 16.6. The SMILES string of the molecule is CCCCCCCCC(=O)OCCc1cc2c(cc3c4sc5c6c(ccc(c(=O)n23)c46)c(=O)n2c3cc(CCOC(=O)CCCCCCCC)sc3cc52)s1. The van der Waals surface area contributed by atoms with E-state index in [1.165, 1.54) is 51.4 Å². The van der Waals surface area contributed by atoms with E-state index in [-0.39, 0.29) is 23.1 Å². The predicted octanol–water partition coefficient (Wildman–Crippen LogP) is 11.4. The third kappa shape index (κ3) is 7.35. The van der Waals surface area contributed by atoms with Crippen LogP contribution in [0.4, 0.5) is 0 Å². The summed E-state index contributed by atoms with van der Waals surface area (Å²) in [6, 6.07) is 11.9. The monoisotopic (exact) mass is 796 g/mol. The van der Waals surface area contributed by atoms with Crippen molar-refractivity contribution in [3.8, 4) is 0 Å². The second-order valence-corrected chi connectivity index (χ2v) is 18.3. The molecule has 0 amide bonds. The molecule has 1 aromatic carbocycles. The van der Waals surface area contributed by atoms with Gasteiger partial charge in [-0.2, -0.15) is 0 Å². The standard InChI is InChI=1S/C44H48N2O6S3/c1-3-5-7-9-11-13-15-37(47)51-21-19-27-23-31-35(53-27)25-33-41-39-29(43(49)45(31)33)17-18-30-40(39)42(55-41)34-26-36-32(46(34)44(30)50)24-28(54-36)20-22-52-38(48)16-14-12-10-8-6-4-2/h17-18,23-26H,3-16,19-22H2,1-2H3. The molecule has 8 nitrogen and oxygen atoms in total. The molecule has 0 saturated carbocycles. The first kappa shape index (κ1) is 37.8. The Kier molecular flexibility index (Phi) is 11.4. The van der Waals surface area contributed by atoms with Gasteiger partial charge in [-0.05, 0) is 49.2 Å². The molecule has 0 bridgehead atoms. The van der Waals surface area contributed by atoms with Gasteiger partial charge in [0, 0.05) is 57.0 Å². The Morgan fingerprint density at radius 1 is 0.545 bits per heavy atom. The minimum atomic E-state index is -0.139. The lowest BCUT2D eigenvalue weighted by Gasteiger charge is -2.05. The zero-order valence-electron chi connectivity index (χ0n) is 31.8. The maximum Gasteiger partial charge on any atom is 0.305 e. The molecule has 7 aromatic heterocycles. The Bertz CT molecular complexity index is 2560. The van der Waals surface area contributed by atoms with Gasteiger partial charge in [-0.25, -0.2) is 0 Å². The summed E-state index contributed by atoms with van der Waals surface area (Å²) in [5.74, 6) is -0.277. The lowest BCUT2D eigenvalue weighted by atomic mass is 10.0. The van der Waals surface area contributed by atoms with Crippen LogP contribution in [0.2, 0.25) is 0 Å². The van der Waals surface area contributed by atoms with Gasteiger partial charge >= 0.3 is 11.9 Å². The summed E-state index contributed by atoms with van der Waals surface area (Å²) in [7, 11) is 0. The molecular weight excluding hydrogens is 749 g/mol. The van der Waals surface area contributed by atoms with Crippen molar-refractivity contribution < 1.29 is 19.1 Å². The summed E-state index contributed by atoms with van der Waals surface area (Å²) < 4.78 is 18.8. The predicted molar refractivity (Wildman–Crippen MR) is 230 cm³/mol. The number of ether oxygens (including phenoxy) is 2. The average Bonchev–Trinajstić information content (AvgIpc) is 3.99. The third-order valence-corrected chi connectivity index (χ3v) is 14.5. The van der Waals surface area contributed by atoms with Gasteiger partial charge in [0.1, 0.15) is 0 Å². The van der Waals surface area contributed by atoms with E-state index >= 15 is 0 Å². The van der Waals surface area contributed by atoms with Gasteiger partial charge in [-0.1, -0.05) is 78.1 Å². The number of pyridine rings is 2. The number of aromatic nitrogens is 2. The maximum atomic E-state index is 14.2. The molecule has 0 radical (unpaired) electrons. The molecule has 288 valence electrons. The van der Waals surface area contributed by atoms with Crippen LogP contribution in [0.5, 0.6) is 0 Å². The number of hydrogen-bond acceptors (Lipinski definition) is 9. The maximum absolute atomic E-state index is 14.2. The topological polar surface area (TPSA) is 95.6 Å². The number of carbonyl (C=O) groups is 2.